The van der Waals surface area contributed by atoms with E-state index in [1.165, 1.54) is 6.33 Å². The van der Waals surface area contributed by atoms with Crippen molar-refractivity contribution in [1.29, 1.82) is 0 Å². The van der Waals surface area contributed by atoms with Gasteiger partial charge in [0.2, 0.25) is 11.9 Å². The molecule has 1 aliphatic rings. The lowest BCUT2D eigenvalue weighted by Crippen LogP contribution is -2.22. The van der Waals surface area contributed by atoms with Gasteiger partial charge in [-0.1, -0.05) is 23.8 Å². The van der Waals surface area contributed by atoms with Gasteiger partial charge in [-0.3, -0.25) is 10.1 Å². The van der Waals surface area contributed by atoms with E-state index in [4.69, 9.17) is 11.6 Å². The lowest BCUT2D eigenvalue weighted by Gasteiger charge is -2.09. The van der Waals surface area contributed by atoms with Crippen LogP contribution in [0.3, 0.4) is 0 Å². The Bertz CT molecular complexity index is 627. The molecule has 1 amide bonds. The van der Waals surface area contributed by atoms with E-state index in [1.54, 1.807) is 0 Å². The predicted molar refractivity (Wildman–Crippen MR) is 67.2 cm³/mol. The van der Waals surface area contributed by atoms with E-state index in [0.29, 0.717) is 11.2 Å². The zero-order chi connectivity index (χ0) is 12.5. The minimum Gasteiger partial charge on any atom is -0.341 e. The van der Waals surface area contributed by atoms with Gasteiger partial charge in [-0.15, -0.1) is 0 Å². The number of halogens is 1. The second-order valence-electron chi connectivity index (χ2n) is 4.07. The number of hydrogen-bond donors (Lipinski definition) is 2. The number of anilines is 1. The van der Waals surface area contributed by atoms with E-state index in [9.17, 15) is 4.79 Å². The van der Waals surface area contributed by atoms with Crippen LogP contribution in [-0.4, -0.2) is 25.8 Å². The topological polar surface area (TPSA) is 83.6 Å². The Morgan fingerprint density at radius 3 is 2.94 bits per heavy atom. The molecule has 0 radical (unpaired) electrons. The molecular formula is C11H10ClN5O. The van der Waals surface area contributed by atoms with E-state index in [2.05, 4.69) is 25.3 Å². The first-order valence-corrected chi connectivity index (χ1v) is 5.94. The highest BCUT2D eigenvalue weighted by molar-refractivity contribution is 6.33. The van der Waals surface area contributed by atoms with E-state index < -0.39 is 0 Å². The third-order valence-electron chi connectivity index (χ3n) is 2.86. The van der Waals surface area contributed by atoms with Crippen molar-refractivity contribution < 1.29 is 4.79 Å². The normalized spacial score (nSPS) is 15.4. The van der Waals surface area contributed by atoms with Gasteiger partial charge in [0.15, 0.2) is 10.8 Å². The van der Waals surface area contributed by atoms with Crippen LogP contribution in [0.15, 0.2) is 18.5 Å². The van der Waals surface area contributed by atoms with Crippen LogP contribution < -0.4 is 5.32 Å². The second-order valence-corrected chi connectivity index (χ2v) is 4.43. The molecule has 2 heterocycles. The fourth-order valence-corrected chi connectivity index (χ4v) is 2.12. The summed E-state index contributed by atoms with van der Waals surface area (Å²) in [5.74, 6) is 0.0599. The molecule has 3 rings (SSSR count). The van der Waals surface area contributed by atoms with E-state index in [-0.39, 0.29) is 22.9 Å². The van der Waals surface area contributed by atoms with Gasteiger partial charge in [0.05, 0.1) is 6.33 Å². The first-order valence-electron chi connectivity index (χ1n) is 5.56. The number of nitrogens with one attached hydrogen (secondary N) is 2. The van der Waals surface area contributed by atoms with E-state index in [1.807, 2.05) is 12.2 Å². The number of imidazole rings is 1. The number of carbonyl (C=O) groups is 1. The Kier molecular flexibility index (Phi) is 2.71. The van der Waals surface area contributed by atoms with Crippen LogP contribution in [0.2, 0.25) is 5.15 Å². The van der Waals surface area contributed by atoms with Crippen LogP contribution in [0, 0.1) is 5.92 Å². The summed E-state index contributed by atoms with van der Waals surface area (Å²) in [6.45, 7) is 0. The van der Waals surface area contributed by atoms with Crippen molar-refractivity contribution in [2.45, 2.75) is 12.8 Å². The van der Waals surface area contributed by atoms with Crippen LogP contribution in [0.5, 0.6) is 0 Å². The van der Waals surface area contributed by atoms with Gasteiger partial charge in [0.25, 0.3) is 0 Å². The molecule has 2 aromatic heterocycles. The summed E-state index contributed by atoms with van der Waals surface area (Å²) in [6.07, 6.45) is 6.98. The molecule has 7 heteroatoms. The van der Waals surface area contributed by atoms with Gasteiger partial charge in [-0.05, 0) is 12.8 Å². The molecule has 0 aliphatic heterocycles. The number of fused-ring (bicyclic) bond motifs is 1. The number of aromatic nitrogens is 4. The highest BCUT2D eigenvalue weighted by Crippen LogP contribution is 2.21. The molecule has 2 aromatic rings. The lowest BCUT2D eigenvalue weighted by molar-refractivity contribution is -0.119. The molecule has 0 saturated carbocycles. The summed E-state index contributed by atoms with van der Waals surface area (Å²) in [6, 6.07) is 0. The Morgan fingerprint density at radius 1 is 1.39 bits per heavy atom. The van der Waals surface area contributed by atoms with E-state index >= 15 is 0 Å². The Balaban J connectivity index is 1.83. The number of aromatic amines is 1. The molecule has 18 heavy (non-hydrogen) atoms. The summed E-state index contributed by atoms with van der Waals surface area (Å²) >= 11 is 5.96. The largest absolute Gasteiger partial charge is 0.341 e. The molecule has 0 saturated heterocycles. The Labute approximate surface area is 107 Å². The maximum absolute atomic E-state index is 11.9. The number of nitrogens with zero attached hydrogens (tertiary/aromatic N) is 3. The van der Waals surface area contributed by atoms with Gasteiger partial charge in [0.1, 0.15) is 5.52 Å². The fraction of sp³-hybridized carbons (Fsp3) is 0.273. The summed E-state index contributed by atoms with van der Waals surface area (Å²) in [5.41, 5.74) is 1.01. The lowest BCUT2D eigenvalue weighted by atomic mass is 10.1. The number of allylic oxidation sites excluding steroid dienone is 2. The van der Waals surface area contributed by atoms with Gasteiger partial charge in [-0.2, -0.15) is 9.97 Å². The molecule has 0 aromatic carbocycles. The van der Waals surface area contributed by atoms with Crippen LogP contribution in [-0.2, 0) is 4.79 Å². The van der Waals surface area contributed by atoms with Crippen LogP contribution in [0.1, 0.15) is 12.8 Å². The molecule has 0 fully saturated rings. The highest BCUT2D eigenvalue weighted by atomic mass is 35.5. The maximum Gasteiger partial charge on any atom is 0.233 e. The summed E-state index contributed by atoms with van der Waals surface area (Å²) in [5, 5.41) is 2.91. The SMILES string of the molecule is O=C(Nc1nc(Cl)c2[nH]cnc2n1)C1CC=CC1. The van der Waals surface area contributed by atoms with Gasteiger partial charge in [-0.25, -0.2) is 4.98 Å². The third-order valence-corrected chi connectivity index (χ3v) is 3.13. The number of hydrogen-bond acceptors (Lipinski definition) is 4. The minimum absolute atomic E-state index is 0.0396. The zero-order valence-corrected chi connectivity index (χ0v) is 10.1. The standard InChI is InChI=1S/C11H10ClN5O/c12-8-7-9(14-5-13-7)16-11(15-8)17-10(18)6-3-1-2-4-6/h1-2,5-6H,3-4H2,(H2,13,14,15,16,17,18). The third kappa shape index (κ3) is 1.95. The first kappa shape index (κ1) is 11.2. The number of carbonyl (C=O) groups excluding carboxylic acids is 1. The van der Waals surface area contributed by atoms with Crippen LogP contribution in [0.4, 0.5) is 5.95 Å². The van der Waals surface area contributed by atoms with Crippen molar-refractivity contribution in [2.75, 3.05) is 5.32 Å². The maximum atomic E-state index is 11.9. The number of H-pyrrole nitrogens is 1. The number of rotatable bonds is 2. The van der Waals surface area contributed by atoms with Crippen molar-refractivity contribution in [3.05, 3.63) is 23.6 Å². The smallest absolute Gasteiger partial charge is 0.233 e. The average Bonchev–Trinajstić information content (AvgIpc) is 2.99. The molecule has 2 N–H and O–H groups in total. The minimum atomic E-state index is -0.0917. The molecule has 0 spiro atoms. The van der Waals surface area contributed by atoms with Crippen molar-refractivity contribution in [3.8, 4) is 0 Å². The first-order chi connectivity index (χ1) is 8.74. The molecule has 0 atom stereocenters. The Morgan fingerprint density at radius 2 is 2.17 bits per heavy atom. The van der Waals surface area contributed by atoms with Gasteiger partial charge >= 0.3 is 0 Å². The van der Waals surface area contributed by atoms with Crippen molar-refractivity contribution in [1.82, 2.24) is 19.9 Å². The summed E-state index contributed by atoms with van der Waals surface area (Å²) < 4.78 is 0. The highest BCUT2D eigenvalue weighted by Gasteiger charge is 2.20. The molecule has 6 nitrogen and oxygen atoms in total. The Hall–Kier alpha value is -1.95. The zero-order valence-electron chi connectivity index (χ0n) is 9.35. The summed E-state index contributed by atoms with van der Waals surface area (Å²) in [4.78, 5) is 26.9. The van der Waals surface area contributed by atoms with Crippen LogP contribution in [0.25, 0.3) is 11.2 Å². The fourth-order valence-electron chi connectivity index (χ4n) is 1.90. The second kappa shape index (κ2) is 4.38. The predicted octanol–water partition coefficient (Wildman–Crippen LogP) is 1.91. The van der Waals surface area contributed by atoms with Crippen molar-refractivity contribution >= 4 is 34.6 Å². The van der Waals surface area contributed by atoms with Crippen molar-refractivity contribution in [3.63, 3.8) is 0 Å². The average molecular weight is 264 g/mol. The van der Waals surface area contributed by atoms with Gasteiger partial charge in [0, 0.05) is 5.92 Å². The molecule has 1 aliphatic carbocycles. The molecule has 0 bridgehead atoms. The monoisotopic (exact) mass is 263 g/mol. The van der Waals surface area contributed by atoms with Crippen molar-refractivity contribution in [2.24, 2.45) is 5.92 Å². The number of amides is 1. The van der Waals surface area contributed by atoms with Gasteiger partial charge < -0.3 is 4.98 Å². The summed E-state index contributed by atoms with van der Waals surface area (Å²) in [7, 11) is 0. The molecule has 92 valence electrons. The van der Waals surface area contributed by atoms with E-state index in [0.717, 1.165) is 12.8 Å². The molecule has 0 unspecified atom stereocenters. The van der Waals surface area contributed by atoms with Crippen LogP contribution >= 0.6 is 11.6 Å². The quantitative estimate of drug-likeness (QED) is 0.640. The molecular weight excluding hydrogens is 254 g/mol.